The largest absolute Gasteiger partial charge is 0.369 e. The fourth-order valence-corrected chi connectivity index (χ4v) is 3.50. The van der Waals surface area contributed by atoms with Crippen LogP contribution in [0.15, 0.2) is 47.5 Å². The SMILES string of the molecule is O=[N+]([O-])c1ccc2c(c1)C(O)N(Cc1ccccn1)C(=S)S2. The van der Waals surface area contributed by atoms with E-state index in [1.165, 1.54) is 23.9 Å². The molecule has 0 amide bonds. The van der Waals surface area contributed by atoms with Gasteiger partial charge in [-0.3, -0.25) is 15.1 Å². The van der Waals surface area contributed by atoms with E-state index in [1.54, 1.807) is 17.2 Å². The number of nitro groups is 1. The van der Waals surface area contributed by atoms with Gasteiger partial charge in [-0.05, 0) is 18.2 Å². The number of aliphatic hydroxyl groups excluding tert-OH is 1. The van der Waals surface area contributed by atoms with E-state index in [9.17, 15) is 15.2 Å². The summed E-state index contributed by atoms with van der Waals surface area (Å²) in [6, 6.07) is 9.92. The van der Waals surface area contributed by atoms with Gasteiger partial charge in [0.15, 0.2) is 6.23 Å². The highest BCUT2D eigenvalue weighted by Crippen LogP contribution is 2.40. The van der Waals surface area contributed by atoms with Crippen LogP contribution in [0.2, 0.25) is 0 Å². The molecule has 2 aromatic rings. The number of benzene rings is 1. The Morgan fingerprint density at radius 3 is 2.91 bits per heavy atom. The summed E-state index contributed by atoms with van der Waals surface area (Å²) in [5.41, 5.74) is 1.20. The molecular formula is C14H11N3O3S2. The van der Waals surface area contributed by atoms with Crippen LogP contribution in [0.25, 0.3) is 0 Å². The Morgan fingerprint density at radius 2 is 2.23 bits per heavy atom. The fraction of sp³-hybridized carbons (Fsp3) is 0.143. The molecule has 1 N–H and O–H groups in total. The maximum absolute atomic E-state index is 10.9. The van der Waals surface area contributed by atoms with Gasteiger partial charge in [-0.1, -0.05) is 30.0 Å². The van der Waals surface area contributed by atoms with Crippen LogP contribution < -0.4 is 0 Å². The molecule has 0 radical (unpaired) electrons. The number of pyridine rings is 1. The Labute approximate surface area is 135 Å². The third kappa shape index (κ3) is 2.80. The predicted molar refractivity (Wildman–Crippen MR) is 86.3 cm³/mol. The second-order valence-corrected chi connectivity index (χ2v) is 6.35. The van der Waals surface area contributed by atoms with Crippen LogP contribution >= 0.6 is 24.0 Å². The van der Waals surface area contributed by atoms with Crippen molar-refractivity contribution in [3.63, 3.8) is 0 Å². The number of rotatable bonds is 3. The lowest BCUT2D eigenvalue weighted by molar-refractivity contribution is -0.385. The number of thioether (sulfide) groups is 1. The summed E-state index contributed by atoms with van der Waals surface area (Å²) in [7, 11) is 0. The van der Waals surface area contributed by atoms with Gasteiger partial charge in [0.05, 0.1) is 17.2 Å². The molecule has 0 aliphatic carbocycles. The lowest BCUT2D eigenvalue weighted by Crippen LogP contribution is -2.35. The summed E-state index contributed by atoms with van der Waals surface area (Å²) < 4.78 is 0.513. The van der Waals surface area contributed by atoms with Gasteiger partial charge >= 0.3 is 0 Å². The molecule has 0 spiro atoms. The zero-order valence-electron chi connectivity index (χ0n) is 11.2. The highest BCUT2D eigenvalue weighted by molar-refractivity contribution is 8.23. The van der Waals surface area contributed by atoms with Crippen LogP contribution in [-0.2, 0) is 6.54 Å². The number of hydrogen-bond donors (Lipinski definition) is 1. The summed E-state index contributed by atoms with van der Waals surface area (Å²) in [6.07, 6.45) is 0.645. The molecule has 8 heteroatoms. The Kier molecular flexibility index (Phi) is 4.06. The van der Waals surface area contributed by atoms with Gasteiger partial charge in [0.1, 0.15) is 4.32 Å². The number of aliphatic hydroxyl groups is 1. The summed E-state index contributed by atoms with van der Waals surface area (Å²) >= 11 is 6.64. The minimum Gasteiger partial charge on any atom is -0.369 e. The first-order chi connectivity index (χ1) is 10.6. The molecule has 22 heavy (non-hydrogen) atoms. The Morgan fingerprint density at radius 1 is 1.41 bits per heavy atom. The summed E-state index contributed by atoms with van der Waals surface area (Å²) in [6.45, 7) is 0.343. The van der Waals surface area contributed by atoms with Gasteiger partial charge in [0, 0.05) is 28.8 Å². The van der Waals surface area contributed by atoms with Crippen molar-refractivity contribution in [1.82, 2.24) is 9.88 Å². The molecular weight excluding hydrogens is 322 g/mol. The Bertz CT molecular complexity index is 739. The van der Waals surface area contributed by atoms with Crippen LogP contribution in [-0.4, -0.2) is 24.2 Å². The minimum absolute atomic E-state index is 0.0518. The number of fused-ring (bicyclic) bond motifs is 1. The molecule has 2 heterocycles. The normalized spacial score (nSPS) is 17.2. The second-order valence-electron chi connectivity index (χ2n) is 4.67. The monoisotopic (exact) mass is 333 g/mol. The molecule has 3 rings (SSSR count). The van der Waals surface area contributed by atoms with Gasteiger partial charge in [-0.15, -0.1) is 0 Å². The predicted octanol–water partition coefficient (Wildman–Crippen LogP) is 2.87. The van der Waals surface area contributed by atoms with E-state index in [0.717, 1.165) is 10.6 Å². The smallest absolute Gasteiger partial charge is 0.269 e. The number of thiocarbonyl (C=S) groups is 1. The molecule has 0 saturated heterocycles. The Balaban J connectivity index is 1.93. The first-order valence-electron chi connectivity index (χ1n) is 6.41. The Hall–Kier alpha value is -2.03. The maximum atomic E-state index is 10.9. The number of nitro benzene ring substituents is 1. The molecule has 1 aliphatic rings. The minimum atomic E-state index is -1.02. The highest BCUT2D eigenvalue weighted by Gasteiger charge is 2.31. The van der Waals surface area contributed by atoms with E-state index < -0.39 is 11.2 Å². The molecule has 0 bridgehead atoms. The van der Waals surface area contributed by atoms with Crippen molar-refractivity contribution in [3.05, 3.63) is 64.0 Å². The third-order valence-corrected chi connectivity index (χ3v) is 4.75. The molecule has 0 fully saturated rings. The van der Waals surface area contributed by atoms with Crippen LogP contribution in [0, 0.1) is 10.1 Å². The molecule has 1 atom stereocenters. The number of hydrogen-bond acceptors (Lipinski definition) is 6. The summed E-state index contributed by atoms with van der Waals surface area (Å²) in [5.74, 6) is 0. The highest BCUT2D eigenvalue weighted by atomic mass is 32.2. The molecule has 1 aromatic heterocycles. The summed E-state index contributed by atoms with van der Waals surface area (Å²) in [4.78, 5) is 17.0. The number of non-ortho nitro benzene ring substituents is 1. The van der Waals surface area contributed by atoms with E-state index in [0.29, 0.717) is 16.4 Å². The standard InChI is InChI=1S/C14H11N3O3S2/c18-13-11-7-10(17(19)20)4-5-12(11)22-14(21)16(13)8-9-3-1-2-6-15-9/h1-7,13,18H,8H2. The van der Waals surface area contributed by atoms with Crippen molar-refractivity contribution in [2.75, 3.05) is 0 Å². The van der Waals surface area contributed by atoms with Gasteiger partial charge in [-0.2, -0.15) is 0 Å². The van der Waals surface area contributed by atoms with Gasteiger partial charge < -0.3 is 10.0 Å². The van der Waals surface area contributed by atoms with E-state index in [4.69, 9.17) is 12.2 Å². The molecule has 112 valence electrons. The quantitative estimate of drug-likeness (QED) is 0.525. The van der Waals surface area contributed by atoms with Crippen LogP contribution in [0.4, 0.5) is 5.69 Å². The van der Waals surface area contributed by atoms with Crippen molar-refractivity contribution < 1.29 is 10.0 Å². The first kappa shape index (κ1) is 14.9. The zero-order chi connectivity index (χ0) is 15.7. The second kappa shape index (κ2) is 5.99. The summed E-state index contributed by atoms with van der Waals surface area (Å²) in [5, 5.41) is 21.4. The fourth-order valence-electron chi connectivity index (χ4n) is 2.18. The molecule has 1 aromatic carbocycles. The van der Waals surface area contributed by atoms with E-state index in [2.05, 4.69) is 4.98 Å². The molecule has 0 saturated carbocycles. The van der Waals surface area contributed by atoms with Crippen molar-refractivity contribution in [1.29, 1.82) is 0 Å². The van der Waals surface area contributed by atoms with E-state index in [1.807, 2.05) is 18.2 Å². The van der Waals surface area contributed by atoms with Crippen LogP contribution in [0.5, 0.6) is 0 Å². The molecule has 1 aliphatic heterocycles. The number of nitrogens with zero attached hydrogens (tertiary/aromatic N) is 3. The van der Waals surface area contributed by atoms with Gasteiger partial charge in [0.2, 0.25) is 0 Å². The van der Waals surface area contributed by atoms with E-state index in [-0.39, 0.29) is 5.69 Å². The number of aromatic nitrogens is 1. The van der Waals surface area contributed by atoms with Crippen molar-refractivity contribution in [2.24, 2.45) is 0 Å². The average molecular weight is 333 g/mol. The van der Waals surface area contributed by atoms with Crippen molar-refractivity contribution >= 4 is 34.0 Å². The van der Waals surface area contributed by atoms with Crippen molar-refractivity contribution in [3.8, 4) is 0 Å². The first-order valence-corrected chi connectivity index (χ1v) is 7.63. The van der Waals surface area contributed by atoms with Crippen LogP contribution in [0.1, 0.15) is 17.5 Å². The lowest BCUT2D eigenvalue weighted by atomic mass is 10.1. The molecule has 6 nitrogen and oxygen atoms in total. The van der Waals surface area contributed by atoms with E-state index >= 15 is 0 Å². The third-order valence-electron chi connectivity index (χ3n) is 3.27. The van der Waals surface area contributed by atoms with Gasteiger partial charge in [0.25, 0.3) is 5.69 Å². The molecule has 1 unspecified atom stereocenters. The lowest BCUT2D eigenvalue weighted by Gasteiger charge is -2.34. The average Bonchev–Trinajstić information content (AvgIpc) is 2.52. The topological polar surface area (TPSA) is 79.5 Å². The van der Waals surface area contributed by atoms with Crippen molar-refractivity contribution in [2.45, 2.75) is 17.7 Å². The van der Waals surface area contributed by atoms with Gasteiger partial charge in [-0.25, -0.2) is 0 Å². The zero-order valence-corrected chi connectivity index (χ0v) is 12.9. The maximum Gasteiger partial charge on any atom is 0.269 e. The van der Waals surface area contributed by atoms with Crippen LogP contribution in [0.3, 0.4) is 0 Å².